The molecule has 0 saturated carbocycles. The summed E-state index contributed by atoms with van der Waals surface area (Å²) in [5.41, 5.74) is -0.281. The summed E-state index contributed by atoms with van der Waals surface area (Å²) in [6.45, 7) is 0.180. The summed E-state index contributed by atoms with van der Waals surface area (Å²) in [6.07, 6.45) is -4.58. The molecule has 1 fully saturated rings. The van der Waals surface area contributed by atoms with E-state index in [0.717, 1.165) is 12.1 Å². The van der Waals surface area contributed by atoms with Crippen LogP contribution in [0.25, 0.3) is 0 Å². The van der Waals surface area contributed by atoms with Gasteiger partial charge in [0.25, 0.3) is 0 Å². The topological polar surface area (TPSA) is 85.2 Å². The van der Waals surface area contributed by atoms with Gasteiger partial charge in [-0.3, -0.25) is 4.79 Å². The van der Waals surface area contributed by atoms with E-state index in [9.17, 15) is 22.8 Å². The minimum atomic E-state index is -4.60. The number of para-hydroxylation sites is 1. The maximum absolute atomic E-state index is 13.0. The van der Waals surface area contributed by atoms with Crippen LogP contribution in [0.3, 0.4) is 0 Å². The number of nitriles is 1. The summed E-state index contributed by atoms with van der Waals surface area (Å²) >= 11 is 0. The zero-order chi connectivity index (χ0) is 20.3. The van der Waals surface area contributed by atoms with E-state index in [4.69, 9.17) is 5.26 Å². The Morgan fingerprint density at radius 2 is 1.82 bits per heavy atom. The predicted octanol–water partition coefficient (Wildman–Crippen LogP) is 3.50. The lowest BCUT2D eigenvalue weighted by Gasteiger charge is -2.18. The number of nitrogens with zero attached hydrogens (tertiary/aromatic N) is 2. The molecule has 0 bridgehead atoms. The van der Waals surface area contributed by atoms with E-state index >= 15 is 0 Å². The quantitative estimate of drug-likeness (QED) is 0.844. The number of urea groups is 1. The number of rotatable bonds is 3. The lowest BCUT2D eigenvalue weighted by atomic mass is 10.1. The molecule has 3 amide bonds. The highest BCUT2D eigenvalue weighted by molar-refractivity contribution is 5.97. The second-order valence-electron chi connectivity index (χ2n) is 6.21. The van der Waals surface area contributed by atoms with E-state index in [1.54, 1.807) is 24.3 Å². The van der Waals surface area contributed by atoms with Crippen molar-refractivity contribution in [2.75, 3.05) is 16.8 Å². The van der Waals surface area contributed by atoms with Crippen LogP contribution >= 0.6 is 0 Å². The Morgan fingerprint density at radius 1 is 1.14 bits per heavy atom. The van der Waals surface area contributed by atoms with Crippen molar-refractivity contribution in [3.63, 3.8) is 0 Å². The van der Waals surface area contributed by atoms with Gasteiger partial charge in [-0.15, -0.1) is 0 Å². The van der Waals surface area contributed by atoms with Gasteiger partial charge in [-0.05, 0) is 36.4 Å². The Labute approximate surface area is 158 Å². The van der Waals surface area contributed by atoms with Crippen LogP contribution in [0.4, 0.5) is 29.3 Å². The van der Waals surface area contributed by atoms with Crippen LogP contribution in [-0.4, -0.2) is 24.5 Å². The van der Waals surface area contributed by atoms with Gasteiger partial charge >= 0.3 is 12.2 Å². The lowest BCUT2D eigenvalue weighted by molar-refractivity contribution is -0.136. The zero-order valence-electron chi connectivity index (χ0n) is 14.5. The molecule has 6 nitrogen and oxygen atoms in total. The summed E-state index contributed by atoms with van der Waals surface area (Å²) in [6, 6.07) is 11.6. The zero-order valence-corrected chi connectivity index (χ0v) is 14.5. The highest BCUT2D eigenvalue weighted by Gasteiger charge is 2.35. The molecule has 1 aliphatic heterocycles. The lowest BCUT2D eigenvalue weighted by Crippen LogP contribution is -2.40. The monoisotopic (exact) mass is 388 g/mol. The largest absolute Gasteiger partial charge is 0.418 e. The third kappa shape index (κ3) is 4.23. The fraction of sp³-hybridized carbons (Fsp3) is 0.211. The molecule has 1 aliphatic rings. The summed E-state index contributed by atoms with van der Waals surface area (Å²) in [5.74, 6) is -0.231. The normalized spacial score (nSPS) is 16.6. The van der Waals surface area contributed by atoms with Gasteiger partial charge < -0.3 is 15.5 Å². The molecule has 1 heterocycles. The van der Waals surface area contributed by atoms with Gasteiger partial charge in [0.05, 0.1) is 28.9 Å². The number of anilines is 2. The summed E-state index contributed by atoms with van der Waals surface area (Å²) < 4.78 is 39.0. The molecule has 2 aromatic carbocycles. The first-order chi connectivity index (χ1) is 13.3. The van der Waals surface area contributed by atoms with Crippen molar-refractivity contribution >= 4 is 23.3 Å². The molecular formula is C19H15F3N4O2. The smallest absolute Gasteiger partial charge is 0.333 e. The third-order valence-electron chi connectivity index (χ3n) is 4.25. The Hall–Kier alpha value is -3.54. The van der Waals surface area contributed by atoms with E-state index in [-0.39, 0.29) is 24.6 Å². The average molecular weight is 388 g/mol. The number of halogens is 3. The summed E-state index contributed by atoms with van der Waals surface area (Å²) in [4.78, 5) is 25.8. The van der Waals surface area contributed by atoms with Gasteiger partial charge in [0.1, 0.15) is 0 Å². The van der Waals surface area contributed by atoms with E-state index in [2.05, 4.69) is 10.6 Å². The van der Waals surface area contributed by atoms with Crippen molar-refractivity contribution in [2.45, 2.75) is 18.6 Å². The molecule has 0 radical (unpaired) electrons. The molecule has 1 saturated heterocycles. The first kappa shape index (κ1) is 19.2. The standard InChI is InChI=1S/C19H15F3N4O2/c20-19(21,22)15-3-1-2-4-16(15)25-18(28)24-13-9-17(27)26(11-13)14-7-5-12(10-23)6-8-14/h1-8,13H,9,11H2,(H2,24,25,28). The van der Waals surface area contributed by atoms with Gasteiger partial charge in [-0.2, -0.15) is 18.4 Å². The Morgan fingerprint density at radius 3 is 2.46 bits per heavy atom. The van der Waals surface area contributed by atoms with E-state index < -0.39 is 23.8 Å². The van der Waals surface area contributed by atoms with Crippen LogP contribution in [0.1, 0.15) is 17.5 Å². The van der Waals surface area contributed by atoms with Crippen LogP contribution in [0.2, 0.25) is 0 Å². The molecule has 0 aromatic heterocycles. The van der Waals surface area contributed by atoms with Crippen molar-refractivity contribution in [2.24, 2.45) is 0 Å². The van der Waals surface area contributed by atoms with E-state index in [0.29, 0.717) is 11.3 Å². The van der Waals surface area contributed by atoms with Crippen LogP contribution in [-0.2, 0) is 11.0 Å². The van der Waals surface area contributed by atoms with Crippen molar-refractivity contribution in [3.8, 4) is 6.07 Å². The number of carbonyl (C=O) groups is 2. The van der Waals surface area contributed by atoms with Crippen LogP contribution < -0.4 is 15.5 Å². The third-order valence-corrected chi connectivity index (χ3v) is 4.25. The Bertz CT molecular complexity index is 935. The SMILES string of the molecule is N#Cc1ccc(N2CC(NC(=O)Nc3ccccc3C(F)(F)F)CC2=O)cc1. The number of nitrogens with one attached hydrogen (secondary N) is 2. The first-order valence-electron chi connectivity index (χ1n) is 8.32. The first-order valence-corrected chi connectivity index (χ1v) is 8.32. The molecule has 1 unspecified atom stereocenters. The molecule has 2 aromatic rings. The number of carbonyl (C=O) groups excluding carboxylic acids is 2. The number of alkyl halides is 3. The molecular weight excluding hydrogens is 373 g/mol. The highest BCUT2D eigenvalue weighted by Crippen LogP contribution is 2.34. The highest BCUT2D eigenvalue weighted by atomic mass is 19.4. The fourth-order valence-corrected chi connectivity index (χ4v) is 2.95. The molecule has 9 heteroatoms. The predicted molar refractivity (Wildman–Crippen MR) is 95.5 cm³/mol. The number of hydrogen-bond donors (Lipinski definition) is 2. The molecule has 28 heavy (non-hydrogen) atoms. The van der Waals surface area contributed by atoms with Crippen LogP contribution in [0.15, 0.2) is 48.5 Å². The summed E-state index contributed by atoms with van der Waals surface area (Å²) in [5, 5.41) is 13.5. The second-order valence-corrected chi connectivity index (χ2v) is 6.21. The molecule has 0 aliphatic carbocycles. The van der Waals surface area contributed by atoms with E-state index in [1.165, 1.54) is 17.0 Å². The minimum absolute atomic E-state index is 0.0222. The number of amides is 3. The van der Waals surface area contributed by atoms with Crippen molar-refractivity contribution in [3.05, 3.63) is 59.7 Å². The molecule has 2 N–H and O–H groups in total. The number of hydrogen-bond acceptors (Lipinski definition) is 3. The second kappa shape index (κ2) is 7.60. The van der Waals surface area contributed by atoms with Crippen molar-refractivity contribution in [1.29, 1.82) is 5.26 Å². The van der Waals surface area contributed by atoms with Crippen LogP contribution in [0, 0.1) is 11.3 Å². The van der Waals surface area contributed by atoms with Gasteiger partial charge in [0.2, 0.25) is 5.91 Å². The molecule has 3 rings (SSSR count). The van der Waals surface area contributed by atoms with Crippen molar-refractivity contribution < 1.29 is 22.8 Å². The maximum atomic E-state index is 13.0. The molecule has 1 atom stereocenters. The van der Waals surface area contributed by atoms with E-state index in [1.807, 2.05) is 6.07 Å². The molecule has 144 valence electrons. The average Bonchev–Trinajstić information content (AvgIpc) is 3.01. The van der Waals surface area contributed by atoms with Gasteiger partial charge in [0.15, 0.2) is 0 Å². The number of benzene rings is 2. The fourth-order valence-electron chi connectivity index (χ4n) is 2.95. The van der Waals surface area contributed by atoms with Crippen molar-refractivity contribution in [1.82, 2.24) is 5.32 Å². The maximum Gasteiger partial charge on any atom is 0.418 e. The summed E-state index contributed by atoms with van der Waals surface area (Å²) in [7, 11) is 0. The van der Waals surface area contributed by atoms with Crippen LogP contribution in [0.5, 0.6) is 0 Å². The Balaban J connectivity index is 1.64. The minimum Gasteiger partial charge on any atom is -0.333 e. The molecule has 0 spiro atoms. The van der Waals surface area contributed by atoms with Gasteiger partial charge in [-0.1, -0.05) is 12.1 Å². The van der Waals surface area contributed by atoms with Gasteiger partial charge in [-0.25, -0.2) is 4.79 Å². The van der Waals surface area contributed by atoms with Gasteiger partial charge in [0, 0.05) is 18.7 Å². The Kier molecular flexibility index (Phi) is 5.22.